The summed E-state index contributed by atoms with van der Waals surface area (Å²) >= 11 is 0. The standard InChI is InChI=1S/C22H32N2O3/c1-17-13-15-24(20-11-6-5-10-19(17)20)21(25)12-7-14-23-22(26)27-16-18-8-3-2-4-9-18/h2-4,8-9,17,19-20H,5-7,10-16H2,1H3,(H,23,26). The van der Waals surface area contributed by atoms with E-state index in [9.17, 15) is 9.59 Å². The first-order valence-electron chi connectivity index (χ1n) is 10.4. The largest absolute Gasteiger partial charge is 0.445 e. The number of amides is 2. The number of fused-ring (bicyclic) bond motifs is 1. The quantitative estimate of drug-likeness (QED) is 0.764. The third kappa shape index (κ3) is 5.47. The number of alkyl carbamates (subject to hydrolysis) is 1. The van der Waals surface area contributed by atoms with E-state index in [2.05, 4.69) is 17.1 Å². The number of carbonyl (C=O) groups excluding carboxylic acids is 2. The number of likely N-dealkylation sites (tertiary alicyclic amines) is 1. The van der Waals surface area contributed by atoms with Crippen LogP contribution in [0.25, 0.3) is 0 Å². The summed E-state index contributed by atoms with van der Waals surface area (Å²) in [6.07, 6.45) is 6.82. The summed E-state index contributed by atoms with van der Waals surface area (Å²) in [6.45, 7) is 3.97. The van der Waals surface area contributed by atoms with Crippen molar-refractivity contribution in [3.8, 4) is 0 Å². The third-order valence-corrected chi connectivity index (χ3v) is 6.11. The van der Waals surface area contributed by atoms with Crippen molar-refractivity contribution in [1.29, 1.82) is 0 Å². The molecule has 0 bridgehead atoms. The molecule has 1 saturated heterocycles. The summed E-state index contributed by atoms with van der Waals surface area (Å²) in [5, 5.41) is 2.74. The number of nitrogens with one attached hydrogen (secondary N) is 1. The molecule has 1 aliphatic carbocycles. The van der Waals surface area contributed by atoms with Crippen molar-refractivity contribution in [3.63, 3.8) is 0 Å². The summed E-state index contributed by atoms with van der Waals surface area (Å²) in [6, 6.07) is 10.0. The van der Waals surface area contributed by atoms with Crippen molar-refractivity contribution >= 4 is 12.0 Å². The Balaban J connectivity index is 1.35. The topological polar surface area (TPSA) is 58.6 Å². The lowest BCUT2D eigenvalue weighted by atomic mass is 9.72. The van der Waals surface area contributed by atoms with E-state index < -0.39 is 6.09 Å². The van der Waals surface area contributed by atoms with Gasteiger partial charge in [-0.15, -0.1) is 0 Å². The molecule has 3 atom stereocenters. The number of piperidine rings is 1. The Morgan fingerprint density at radius 2 is 1.93 bits per heavy atom. The normalized spacial score (nSPS) is 24.8. The van der Waals surface area contributed by atoms with Crippen LogP contribution in [0.3, 0.4) is 0 Å². The molecule has 5 heteroatoms. The monoisotopic (exact) mass is 372 g/mol. The van der Waals surface area contributed by atoms with Crippen molar-refractivity contribution in [2.45, 2.75) is 64.5 Å². The highest BCUT2D eigenvalue weighted by Crippen LogP contribution is 2.38. The number of ether oxygens (including phenoxy) is 1. The van der Waals surface area contributed by atoms with Crippen molar-refractivity contribution in [1.82, 2.24) is 10.2 Å². The van der Waals surface area contributed by atoms with Crippen LogP contribution in [0.2, 0.25) is 0 Å². The first kappa shape index (κ1) is 19.7. The van der Waals surface area contributed by atoms with Gasteiger partial charge in [0.25, 0.3) is 0 Å². The first-order valence-corrected chi connectivity index (χ1v) is 10.4. The van der Waals surface area contributed by atoms with Crippen LogP contribution in [0, 0.1) is 11.8 Å². The van der Waals surface area contributed by atoms with Gasteiger partial charge in [0.1, 0.15) is 6.61 Å². The second kappa shape index (κ2) is 9.77. The van der Waals surface area contributed by atoms with Crippen LogP contribution in [-0.4, -0.2) is 36.0 Å². The molecule has 1 aromatic carbocycles. The smallest absolute Gasteiger partial charge is 0.407 e. The molecule has 3 rings (SSSR count). The van der Waals surface area contributed by atoms with Gasteiger partial charge in [0.15, 0.2) is 0 Å². The first-order chi connectivity index (χ1) is 13.1. The van der Waals surface area contributed by atoms with Gasteiger partial charge in [0.05, 0.1) is 0 Å². The second-order valence-electron chi connectivity index (χ2n) is 7.96. The van der Waals surface area contributed by atoms with E-state index in [4.69, 9.17) is 4.74 Å². The molecule has 1 aromatic rings. The van der Waals surface area contributed by atoms with Gasteiger partial charge in [-0.1, -0.05) is 50.1 Å². The number of rotatable bonds is 6. The van der Waals surface area contributed by atoms with Gasteiger partial charge in [0.2, 0.25) is 5.91 Å². The Hall–Kier alpha value is -2.04. The summed E-state index contributed by atoms with van der Waals surface area (Å²) in [7, 11) is 0. The van der Waals surface area contributed by atoms with E-state index in [1.807, 2.05) is 30.3 Å². The van der Waals surface area contributed by atoms with Gasteiger partial charge >= 0.3 is 6.09 Å². The highest BCUT2D eigenvalue weighted by molar-refractivity contribution is 5.76. The lowest BCUT2D eigenvalue weighted by molar-refractivity contribution is -0.139. The van der Waals surface area contributed by atoms with E-state index in [-0.39, 0.29) is 12.5 Å². The maximum Gasteiger partial charge on any atom is 0.407 e. The molecule has 0 radical (unpaired) electrons. The molecule has 2 aliphatic rings. The Morgan fingerprint density at radius 1 is 1.15 bits per heavy atom. The Kier molecular flexibility index (Phi) is 7.13. The van der Waals surface area contributed by atoms with Gasteiger partial charge in [-0.05, 0) is 43.1 Å². The van der Waals surface area contributed by atoms with Crippen LogP contribution >= 0.6 is 0 Å². The molecule has 2 fully saturated rings. The van der Waals surface area contributed by atoms with Crippen molar-refractivity contribution in [3.05, 3.63) is 35.9 Å². The molecule has 148 valence electrons. The molecular formula is C22H32N2O3. The minimum absolute atomic E-state index is 0.248. The van der Waals surface area contributed by atoms with Gasteiger partial charge in [-0.25, -0.2) is 4.79 Å². The highest BCUT2D eigenvalue weighted by atomic mass is 16.5. The van der Waals surface area contributed by atoms with Gasteiger partial charge in [0, 0.05) is 25.6 Å². The molecule has 3 unspecified atom stereocenters. The molecule has 0 spiro atoms. The zero-order valence-corrected chi connectivity index (χ0v) is 16.4. The van der Waals surface area contributed by atoms with Crippen molar-refractivity contribution in [2.24, 2.45) is 11.8 Å². The fourth-order valence-corrected chi connectivity index (χ4v) is 4.57. The molecule has 0 aromatic heterocycles. The fourth-order valence-electron chi connectivity index (χ4n) is 4.57. The minimum atomic E-state index is -0.426. The summed E-state index contributed by atoms with van der Waals surface area (Å²) in [5.74, 6) is 1.67. The SMILES string of the molecule is CC1CCN(C(=O)CCCNC(=O)OCc2ccccc2)C2CCCCC12. The van der Waals surface area contributed by atoms with E-state index in [1.165, 1.54) is 19.3 Å². The molecule has 1 N–H and O–H groups in total. The maximum absolute atomic E-state index is 12.7. The number of carbonyl (C=O) groups is 2. The fraction of sp³-hybridized carbons (Fsp3) is 0.636. The molecule has 27 heavy (non-hydrogen) atoms. The predicted octanol–water partition coefficient (Wildman–Crippen LogP) is 4.12. The van der Waals surface area contributed by atoms with Gasteiger partial charge in [-0.2, -0.15) is 0 Å². The number of benzene rings is 1. The summed E-state index contributed by atoms with van der Waals surface area (Å²) in [5.41, 5.74) is 0.962. The zero-order chi connectivity index (χ0) is 19.1. The molecule has 2 amide bonds. The summed E-state index contributed by atoms with van der Waals surface area (Å²) in [4.78, 5) is 26.6. The van der Waals surface area contributed by atoms with Gasteiger partial charge < -0.3 is 15.0 Å². The molecule has 1 aliphatic heterocycles. The highest BCUT2D eigenvalue weighted by Gasteiger charge is 2.38. The van der Waals surface area contributed by atoms with Crippen LogP contribution < -0.4 is 5.32 Å². The average molecular weight is 373 g/mol. The van der Waals surface area contributed by atoms with Crippen LogP contribution in [-0.2, 0) is 16.1 Å². The van der Waals surface area contributed by atoms with Crippen molar-refractivity contribution in [2.75, 3.05) is 13.1 Å². The van der Waals surface area contributed by atoms with Crippen LogP contribution in [0.15, 0.2) is 30.3 Å². The zero-order valence-electron chi connectivity index (χ0n) is 16.4. The Labute approximate surface area is 162 Å². The second-order valence-corrected chi connectivity index (χ2v) is 7.96. The third-order valence-electron chi connectivity index (χ3n) is 6.11. The van der Waals surface area contributed by atoms with Crippen molar-refractivity contribution < 1.29 is 14.3 Å². The van der Waals surface area contributed by atoms with E-state index in [1.54, 1.807) is 0 Å². The Morgan fingerprint density at radius 3 is 2.74 bits per heavy atom. The number of hydrogen-bond acceptors (Lipinski definition) is 3. The lowest BCUT2D eigenvalue weighted by Gasteiger charge is -2.47. The molecular weight excluding hydrogens is 340 g/mol. The number of hydrogen-bond donors (Lipinski definition) is 1. The molecule has 1 saturated carbocycles. The Bertz CT molecular complexity index is 619. The van der Waals surface area contributed by atoms with Crippen LogP contribution in [0.5, 0.6) is 0 Å². The number of nitrogens with zero attached hydrogens (tertiary/aromatic N) is 1. The molecule has 5 nitrogen and oxygen atoms in total. The maximum atomic E-state index is 12.7. The van der Waals surface area contributed by atoms with Crippen LogP contribution in [0.1, 0.15) is 57.4 Å². The average Bonchev–Trinajstić information content (AvgIpc) is 2.71. The van der Waals surface area contributed by atoms with Crippen LogP contribution in [0.4, 0.5) is 4.79 Å². The van der Waals surface area contributed by atoms with E-state index in [0.29, 0.717) is 31.3 Å². The van der Waals surface area contributed by atoms with E-state index in [0.717, 1.165) is 30.9 Å². The van der Waals surface area contributed by atoms with Gasteiger partial charge in [-0.3, -0.25) is 4.79 Å². The lowest BCUT2D eigenvalue weighted by Crippen LogP contribution is -2.52. The van der Waals surface area contributed by atoms with E-state index >= 15 is 0 Å². The predicted molar refractivity (Wildman–Crippen MR) is 105 cm³/mol. The summed E-state index contributed by atoms with van der Waals surface area (Å²) < 4.78 is 5.19. The minimum Gasteiger partial charge on any atom is -0.445 e. The molecule has 1 heterocycles.